The lowest BCUT2D eigenvalue weighted by Crippen LogP contribution is -2.47. The summed E-state index contributed by atoms with van der Waals surface area (Å²) in [5.74, 6) is 0.252. The maximum absolute atomic E-state index is 12.3. The zero-order valence-electron chi connectivity index (χ0n) is 14.7. The van der Waals surface area contributed by atoms with Crippen LogP contribution in [0.15, 0.2) is 6.20 Å². The summed E-state index contributed by atoms with van der Waals surface area (Å²) < 4.78 is 7.73. The minimum atomic E-state index is -0.378. The zero-order valence-corrected chi connectivity index (χ0v) is 14.7. The number of urea groups is 1. The van der Waals surface area contributed by atoms with Gasteiger partial charge in [0.05, 0.1) is 28.6 Å². The fraction of sp³-hybridized carbons (Fsp3) is 0.750. The van der Waals surface area contributed by atoms with Crippen LogP contribution in [-0.4, -0.2) is 33.1 Å². The molecule has 2 rings (SSSR count). The number of nitrogens with zero attached hydrogens (tertiary/aromatic N) is 2. The van der Waals surface area contributed by atoms with Crippen LogP contribution in [0, 0.1) is 0 Å². The fourth-order valence-electron chi connectivity index (χ4n) is 3.13. The lowest BCUT2D eigenvalue weighted by molar-refractivity contribution is -0.0689. The number of hydrogen-bond donors (Lipinski definition) is 2. The highest BCUT2D eigenvalue weighted by molar-refractivity contribution is 5.90. The molecule has 1 unspecified atom stereocenters. The maximum Gasteiger partial charge on any atom is 0.319 e. The fourth-order valence-corrected chi connectivity index (χ4v) is 3.13. The van der Waals surface area contributed by atoms with Gasteiger partial charge in [0.1, 0.15) is 0 Å². The van der Waals surface area contributed by atoms with Crippen LogP contribution in [0.25, 0.3) is 0 Å². The number of anilines is 1. The zero-order chi connectivity index (χ0) is 16.7. The first kappa shape index (κ1) is 16.8. The van der Waals surface area contributed by atoms with Crippen molar-refractivity contribution in [3.8, 4) is 0 Å². The minimum Gasteiger partial charge on any atom is -0.367 e. The van der Waals surface area contributed by atoms with E-state index >= 15 is 0 Å². The summed E-state index contributed by atoms with van der Waals surface area (Å²) in [6.07, 6.45) is 2.62. The van der Waals surface area contributed by atoms with Crippen molar-refractivity contribution in [3.63, 3.8) is 0 Å². The topological polar surface area (TPSA) is 68.2 Å². The largest absolute Gasteiger partial charge is 0.367 e. The van der Waals surface area contributed by atoms with Crippen LogP contribution in [-0.2, 0) is 11.8 Å². The molecule has 1 aliphatic heterocycles. The quantitative estimate of drug-likeness (QED) is 0.902. The SMILES string of the molecule is CC(C)c1nn(C)cc1NC(=O)NC1CC(C)(C)OC1(C)C. The van der Waals surface area contributed by atoms with Gasteiger partial charge in [0.25, 0.3) is 0 Å². The van der Waals surface area contributed by atoms with Crippen LogP contribution >= 0.6 is 0 Å². The van der Waals surface area contributed by atoms with E-state index in [2.05, 4.69) is 29.6 Å². The highest BCUT2D eigenvalue weighted by atomic mass is 16.5. The van der Waals surface area contributed by atoms with Gasteiger partial charge < -0.3 is 15.4 Å². The van der Waals surface area contributed by atoms with E-state index in [4.69, 9.17) is 4.74 Å². The van der Waals surface area contributed by atoms with Gasteiger partial charge in [0.2, 0.25) is 0 Å². The standard InChI is InChI=1S/C16H28N4O2/c1-10(2)13-11(9-20(7)19-13)17-14(21)18-12-8-15(3,4)22-16(12,5)6/h9-10,12H,8H2,1-7H3,(H2,17,18,21). The molecule has 2 heterocycles. The first-order valence-corrected chi connectivity index (χ1v) is 7.81. The van der Waals surface area contributed by atoms with Gasteiger partial charge in [-0.25, -0.2) is 4.79 Å². The third-order valence-corrected chi connectivity index (χ3v) is 4.03. The molecule has 1 aromatic rings. The average Bonchev–Trinajstić information content (AvgIpc) is 2.76. The highest BCUT2D eigenvalue weighted by Crippen LogP contribution is 2.37. The molecule has 1 saturated heterocycles. The number of aryl methyl sites for hydroxylation is 1. The second kappa shape index (κ2) is 5.57. The Morgan fingerprint density at radius 1 is 1.41 bits per heavy atom. The number of carbonyl (C=O) groups excluding carboxylic acids is 1. The van der Waals surface area contributed by atoms with Crippen molar-refractivity contribution >= 4 is 11.7 Å². The molecule has 0 spiro atoms. The summed E-state index contributed by atoms with van der Waals surface area (Å²) in [5, 5.41) is 10.3. The summed E-state index contributed by atoms with van der Waals surface area (Å²) in [5.41, 5.74) is 1.04. The molecule has 0 aliphatic carbocycles. The molecular weight excluding hydrogens is 280 g/mol. The molecule has 0 bridgehead atoms. The van der Waals surface area contributed by atoms with Gasteiger partial charge in [-0.1, -0.05) is 13.8 Å². The predicted molar refractivity (Wildman–Crippen MR) is 87.1 cm³/mol. The molecule has 1 fully saturated rings. The molecule has 1 atom stereocenters. The Hall–Kier alpha value is -1.56. The summed E-state index contributed by atoms with van der Waals surface area (Å²) in [6.45, 7) is 12.2. The Morgan fingerprint density at radius 3 is 2.55 bits per heavy atom. The van der Waals surface area contributed by atoms with Crippen molar-refractivity contribution in [2.45, 2.75) is 71.1 Å². The smallest absolute Gasteiger partial charge is 0.319 e. The van der Waals surface area contributed by atoms with Gasteiger partial charge in [-0.2, -0.15) is 5.10 Å². The summed E-state index contributed by atoms with van der Waals surface area (Å²) in [4.78, 5) is 12.3. The second-order valence-corrected chi connectivity index (χ2v) is 7.58. The van der Waals surface area contributed by atoms with Crippen LogP contribution in [0.1, 0.15) is 59.6 Å². The number of nitrogens with one attached hydrogen (secondary N) is 2. The third kappa shape index (κ3) is 3.61. The van der Waals surface area contributed by atoms with Gasteiger partial charge in [-0.3, -0.25) is 4.68 Å². The molecule has 1 aromatic heterocycles. The Bertz CT molecular complexity index is 560. The molecule has 0 radical (unpaired) electrons. The van der Waals surface area contributed by atoms with Crippen LogP contribution in [0.5, 0.6) is 0 Å². The van der Waals surface area contributed by atoms with E-state index in [1.165, 1.54) is 0 Å². The number of ether oxygens (including phenoxy) is 1. The van der Waals surface area contributed by atoms with Crippen LogP contribution < -0.4 is 10.6 Å². The predicted octanol–water partition coefficient (Wildman–Crippen LogP) is 3.01. The van der Waals surface area contributed by atoms with E-state index in [-0.39, 0.29) is 29.2 Å². The Kier molecular flexibility index (Phi) is 4.26. The lowest BCUT2D eigenvalue weighted by atomic mass is 9.95. The normalized spacial score (nSPS) is 22.8. The first-order chi connectivity index (χ1) is 10.00. The summed E-state index contributed by atoms with van der Waals surface area (Å²) >= 11 is 0. The number of rotatable bonds is 3. The van der Waals surface area contributed by atoms with Gasteiger partial charge in [-0.15, -0.1) is 0 Å². The van der Waals surface area contributed by atoms with E-state index in [1.807, 2.05) is 40.9 Å². The van der Waals surface area contributed by atoms with Gasteiger partial charge in [-0.05, 0) is 40.0 Å². The summed E-state index contributed by atoms with van der Waals surface area (Å²) in [6, 6.07) is -0.240. The highest BCUT2D eigenvalue weighted by Gasteiger charge is 2.46. The molecule has 22 heavy (non-hydrogen) atoms. The Balaban J connectivity index is 2.05. The van der Waals surface area contributed by atoms with Crippen LogP contribution in [0.2, 0.25) is 0 Å². The monoisotopic (exact) mass is 308 g/mol. The maximum atomic E-state index is 12.3. The van der Waals surface area contributed by atoms with Crippen molar-refractivity contribution in [2.24, 2.45) is 7.05 Å². The number of amides is 2. The molecule has 6 nitrogen and oxygen atoms in total. The Labute approximate surface area is 132 Å². The van der Waals surface area contributed by atoms with E-state index < -0.39 is 0 Å². The van der Waals surface area contributed by atoms with E-state index in [0.29, 0.717) is 0 Å². The van der Waals surface area contributed by atoms with Crippen LogP contribution in [0.4, 0.5) is 10.5 Å². The van der Waals surface area contributed by atoms with E-state index in [9.17, 15) is 4.79 Å². The Morgan fingerprint density at radius 2 is 2.05 bits per heavy atom. The van der Waals surface area contributed by atoms with Crippen molar-refractivity contribution < 1.29 is 9.53 Å². The van der Waals surface area contributed by atoms with E-state index in [0.717, 1.165) is 17.8 Å². The molecule has 2 N–H and O–H groups in total. The molecule has 6 heteroatoms. The number of aromatic nitrogens is 2. The number of carbonyl (C=O) groups is 1. The molecule has 0 aromatic carbocycles. The molecule has 124 valence electrons. The van der Waals surface area contributed by atoms with Crippen LogP contribution in [0.3, 0.4) is 0 Å². The van der Waals surface area contributed by atoms with Gasteiger partial charge >= 0.3 is 6.03 Å². The number of hydrogen-bond acceptors (Lipinski definition) is 3. The molecule has 1 aliphatic rings. The first-order valence-electron chi connectivity index (χ1n) is 7.81. The van der Waals surface area contributed by atoms with Gasteiger partial charge in [0, 0.05) is 13.2 Å². The lowest BCUT2D eigenvalue weighted by Gasteiger charge is -2.27. The third-order valence-electron chi connectivity index (χ3n) is 4.03. The minimum absolute atomic E-state index is 0.0262. The van der Waals surface area contributed by atoms with Crippen molar-refractivity contribution in [3.05, 3.63) is 11.9 Å². The average molecular weight is 308 g/mol. The summed E-state index contributed by atoms with van der Waals surface area (Å²) in [7, 11) is 1.85. The molecular formula is C16H28N4O2. The van der Waals surface area contributed by atoms with Crippen molar-refractivity contribution in [1.29, 1.82) is 0 Å². The van der Waals surface area contributed by atoms with E-state index in [1.54, 1.807) is 4.68 Å². The van der Waals surface area contributed by atoms with Gasteiger partial charge in [0.15, 0.2) is 0 Å². The van der Waals surface area contributed by atoms with Crippen molar-refractivity contribution in [2.75, 3.05) is 5.32 Å². The molecule has 2 amide bonds. The molecule has 0 saturated carbocycles. The second-order valence-electron chi connectivity index (χ2n) is 7.58. The van der Waals surface area contributed by atoms with Crippen molar-refractivity contribution in [1.82, 2.24) is 15.1 Å².